The van der Waals surface area contributed by atoms with Crippen LogP contribution < -0.4 is 0 Å². The number of amides is 2. The van der Waals surface area contributed by atoms with Crippen LogP contribution in [0, 0.1) is 17.8 Å². The largest absolute Gasteiger partial charge is 0.507 e. The van der Waals surface area contributed by atoms with Crippen LogP contribution in [0.1, 0.15) is 62.5 Å². The van der Waals surface area contributed by atoms with Gasteiger partial charge in [-0.25, -0.2) is 0 Å². The number of carbonyl (C=O) groups is 2. The van der Waals surface area contributed by atoms with Gasteiger partial charge in [0, 0.05) is 24.6 Å². The number of imide groups is 1. The molecule has 4 atom stereocenters. The molecule has 3 fully saturated rings. The number of allylic oxidation sites excluding steroid dienone is 1. The van der Waals surface area contributed by atoms with E-state index in [0.29, 0.717) is 19.6 Å². The third-order valence-electron chi connectivity index (χ3n) is 9.39. The molecule has 4 aliphatic rings. The molecule has 6 rings (SSSR count). The number of phenols is 1. The molecule has 0 spiro atoms. The Bertz CT molecular complexity index is 1310. The van der Waals surface area contributed by atoms with E-state index in [4.69, 9.17) is 9.47 Å². The summed E-state index contributed by atoms with van der Waals surface area (Å²) in [6, 6.07) is 17.7. The highest BCUT2D eigenvalue weighted by Crippen LogP contribution is 2.51. The van der Waals surface area contributed by atoms with Crippen molar-refractivity contribution in [3.8, 4) is 5.75 Å². The van der Waals surface area contributed by atoms with Crippen molar-refractivity contribution in [1.29, 1.82) is 0 Å². The molecule has 0 radical (unpaired) electrons. The van der Waals surface area contributed by atoms with Crippen molar-refractivity contribution in [2.24, 2.45) is 17.8 Å². The van der Waals surface area contributed by atoms with Crippen LogP contribution in [0.3, 0.4) is 0 Å². The number of carbonyl (C=O) groups excluding carboxylic acids is 2. The topological polar surface area (TPSA) is 76.1 Å². The fraction of sp³-hybridized carbons (Fsp3) is 0.471. The van der Waals surface area contributed by atoms with Gasteiger partial charge in [0.15, 0.2) is 0 Å². The second kappa shape index (κ2) is 11.7. The maximum Gasteiger partial charge on any atom is 0.234 e. The molecule has 2 amide bonds. The van der Waals surface area contributed by atoms with Gasteiger partial charge in [0.1, 0.15) is 5.75 Å². The molecule has 6 nitrogen and oxygen atoms in total. The van der Waals surface area contributed by atoms with Crippen molar-refractivity contribution in [3.05, 3.63) is 76.9 Å². The predicted octanol–water partition coefficient (Wildman–Crippen LogP) is 6.01. The van der Waals surface area contributed by atoms with Crippen molar-refractivity contribution in [2.45, 2.75) is 63.5 Å². The minimum absolute atomic E-state index is 0.0227. The van der Waals surface area contributed by atoms with E-state index in [1.807, 2.05) is 36.4 Å². The van der Waals surface area contributed by atoms with Gasteiger partial charge >= 0.3 is 0 Å². The first-order valence-corrected chi connectivity index (χ1v) is 14.8. The molecule has 2 heterocycles. The van der Waals surface area contributed by atoms with E-state index in [1.54, 1.807) is 18.1 Å². The second-order valence-corrected chi connectivity index (χ2v) is 11.7. The monoisotopic (exact) mass is 541 g/mol. The van der Waals surface area contributed by atoms with Crippen LogP contribution in [0.4, 0.5) is 0 Å². The molecular formula is C34H39NO5. The van der Waals surface area contributed by atoms with Gasteiger partial charge in [-0.2, -0.15) is 0 Å². The van der Waals surface area contributed by atoms with Crippen molar-refractivity contribution in [2.75, 3.05) is 20.3 Å². The second-order valence-electron chi connectivity index (χ2n) is 11.7. The molecule has 0 bridgehead atoms. The van der Waals surface area contributed by atoms with Crippen LogP contribution >= 0.6 is 0 Å². The number of rotatable bonds is 8. The number of methoxy groups -OCH3 is 1. The standard InChI is InChI=1S/C34H39NO5/c1-39-20-25-19-27-32(34(38)35(33(27)37)26-13-6-3-7-14-26)28-21-40-30(31(25)28)17-16-23(22-10-4-2-5-11-22)18-24-12-8-9-15-29(24)36/h2,4-5,8-12,15,18,26-28,30,32,36H,3,6-7,13-14,16-17,19-21H2,1H3/b23-18-/t27-,28+,30-,32-/m1/s1. The molecule has 40 heavy (non-hydrogen) atoms. The third-order valence-corrected chi connectivity index (χ3v) is 9.39. The lowest BCUT2D eigenvalue weighted by Crippen LogP contribution is -2.42. The van der Waals surface area contributed by atoms with E-state index in [9.17, 15) is 14.7 Å². The normalized spacial score (nSPS) is 27.3. The lowest BCUT2D eigenvalue weighted by atomic mass is 9.69. The zero-order chi connectivity index (χ0) is 27.6. The highest BCUT2D eigenvalue weighted by atomic mass is 16.5. The van der Waals surface area contributed by atoms with Crippen LogP contribution in [-0.4, -0.2) is 54.3 Å². The Morgan fingerprint density at radius 1 is 1.00 bits per heavy atom. The molecule has 1 saturated carbocycles. The van der Waals surface area contributed by atoms with Crippen molar-refractivity contribution in [3.63, 3.8) is 0 Å². The Morgan fingerprint density at radius 3 is 2.50 bits per heavy atom. The van der Waals surface area contributed by atoms with Gasteiger partial charge in [0.05, 0.1) is 31.2 Å². The number of ether oxygens (including phenoxy) is 2. The predicted molar refractivity (Wildman–Crippen MR) is 154 cm³/mol. The summed E-state index contributed by atoms with van der Waals surface area (Å²) in [6.07, 6.45) is 9.22. The first-order chi connectivity index (χ1) is 19.6. The summed E-state index contributed by atoms with van der Waals surface area (Å²) in [5, 5.41) is 10.4. The molecule has 6 heteroatoms. The summed E-state index contributed by atoms with van der Waals surface area (Å²) in [5.41, 5.74) is 5.32. The third kappa shape index (κ3) is 5.04. The van der Waals surface area contributed by atoms with Gasteiger partial charge in [-0.1, -0.05) is 67.8 Å². The molecule has 1 N–H and O–H groups in total. The number of likely N-dealkylation sites (tertiary alicyclic amines) is 1. The minimum atomic E-state index is -0.319. The molecular weight excluding hydrogens is 502 g/mol. The summed E-state index contributed by atoms with van der Waals surface area (Å²) < 4.78 is 12.1. The van der Waals surface area contributed by atoms with E-state index in [2.05, 4.69) is 18.2 Å². The average Bonchev–Trinajstić information content (AvgIpc) is 3.51. The first kappa shape index (κ1) is 27.0. The lowest BCUT2D eigenvalue weighted by molar-refractivity contribution is -0.143. The van der Waals surface area contributed by atoms with E-state index in [1.165, 1.54) is 12.0 Å². The molecule has 2 aromatic rings. The van der Waals surface area contributed by atoms with E-state index in [-0.39, 0.29) is 47.5 Å². The van der Waals surface area contributed by atoms with Crippen LogP contribution in [0.5, 0.6) is 5.75 Å². The van der Waals surface area contributed by atoms with Gasteiger partial charge in [0.2, 0.25) is 11.8 Å². The Hall–Kier alpha value is -3.22. The van der Waals surface area contributed by atoms with Gasteiger partial charge in [-0.3, -0.25) is 14.5 Å². The molecule has 210 valence electrons. The lowest BCUT2D eigenvalue weighted by Gasteiger charge is -2.31. The fourth-order valence-corrected chi connectivity index (χ4v) is 7.54. The van der Waals surface area contributed by atoms with Crippen molar-refractivity contribution < 1.29 is 24.2 Å². The van der Waals surface area contributed by atoms with Crippen LogP contribution in [-0.2, 0) is 19.1 Å². The highest BCUT2D eigenvalue weighted by Gasteiger charge is 2.58. The maximum absolute atomic E-state index is 13.8. The van der Waals surface area contributed by atoms with Gasteiger partial charge in [-0.05, 0) is 66.5 Å². The summed E-state index contributed by atoms with van der Waals surface area (Å²) in [4.78, 5) is 29.1. The quantitative estimate of drug-likeness (QED) is 0.252. The SMILES string of the molecule is COCC1=C2[C@@H](CC/C(=C/c3ccccc3O)c3ccccc3)OC[C@@H]2[C@@H]2C(=O)N(C3CCCCC3)C(=O)[C@@H]2C1. The number of aromatic hydroxyl groups is 1. The van der Waals surface area contributed by atoms with Gasteiger partial charge in [0.25, 0.3) is 0 Å². The van der Waals surface area contributed by atoms with Crippen LogP contribution in [0.15, 0.2) is 65.7 Å². The van der Waals surface area contributed by atoms with E-state index in [0.717, 1.165) is 60.8 Å². The Balaban J connectivity index is 1.26. The molecule has 2 saturated heterocycles. The number of hydrogen-bond donors (Lipinski definition) is 1. The number of fused-ring (bicyclic) bond motifs is 3. The maximum atomic E-state index is 13.8. The number of phenolic OH excluding ortho intramolecular Hbond substituents is 1. The molecule has 0 unspecified atom stereocenters. The Kier molecular flexibility index (Phi) is 7.90. The summed E-state index contributed by atoms with van der Waals surface area (Å²) >= 11 is 0. The Morgan fingerprint density at radius 2 is 1.75 bits per heavy atom. The number of benzene rings is 2. The van der Waals surface area contributed by atoms with E-state index >= 15 is 0 Å². The first-order valence-electron chi connectivity index (χ1n) is 14.8. The summed E-state index contributed by atoms with van der Waals surface area (Å²) in [7, 11) is 1.69. The van der Waals surface area contributed by atoms with Crippen LogP contribution in [0.2, 0.25) is 0 Å². The number of para-hydroxylation sites is 1. The molecule has 2 aromatic carbocycles. The molecule has 2 aliphatic carbocycles. The Labute approximate surface area is 236 Å². The van der Waals surface area contributed by atoms with E-state index < -0.39 is 0 Å². The van der Waals surface area contributed by atoms with Crippen LogP contribution in [0.25, 0.3) is 11.6 Å². The van der Waals surface area contributed by atoms with Crippen molar-refractivity contribution >= 4 is 23.5 Å². The highest BCUT2D eigenvalue weighted by molar-refractivity contribution is 6.06. The average molecular weight is 542 g/mol. The number of nitrogens with zero attached hydrogens (tertiary/aromatic N) is 1. The van der Waals surface area contributed by atoms with Gasteiger partial charge in [-0.15, -0.1) is 0 Å². The zero-order valence-corrected chi connectivity index (χ0v) is 23.3. The smallest absolute Gasteiger partial charge is 0.234 e. The zero-order valence-electron chi connectivity index (χ0n) is 23.3. The summed E-state index contributed by atoms with van der Waals surface area (Å²) in [5.74, 6) is -0.383. The molecule has 2 aliphatic heterocycles. The van der Waals surface area contributed by atoms with Gasteiger partial charge < -0.3 is 14.6 Å². The molecule has 0 aromatic heterocycles. The van der Waals surface area contributed by atoms with Crippen molar-refractivity contribution in [1.82, 2.24) is 4.90 Å². The fourth-order valence-electron chi connectivity index (χ4n) is 7.54. The number of hydrogen-bond acceptors (Lipinski definition) is 5. The minimum Gasteiger partial charge on any atom is -0.507 e. The summed E-state index contributed by atoms with van der Waals surface area (Å²) in [6.45, 7) is 0.925.